The minimum Gasteiger partial charge on any atom is -0.450 e. The zero-order chi connectivity index (χ0) is 15.9. The highest BCUT2D eigenvalue weighted by atomic mass is 79.9. The van der Waals surface area contributed by atoms with Gasteiger partial charge in [0.25, 0.3) is 0 Å². The van der Waals surface area contributed by atoms with Gasteiger partial charge in [0.2, 0.25) is 5.91 Å². The minimum atomic E-state index is -0.278. The van der Waals surface area contributed by atoms with Crippen molar-refractivity contribution in [1.29, 1.82) is 0 Å². The molecule has 22 heavy (non-hydrogen) atoms. The van der Waals surface area contributed by atoms with E-state index in [1.807, 2.05) is 29.2 Å². The van der Waals surface area contributed by atoms with Gasteiger partial charge < -0.3 is 15.0 Å². The van der Waals surface area contributed by atoms with Crippen molar-refractivity contribution in [2.45, 2.75) is 6.92 Å². The number of hydrogen-bond donors (Lipinski definition) is 1. The Morgan fingerprint density at radius 2 is 1.91 bits per heavy atom. The van der Waals surface area contributed by atoms with Gasteiger partial charge in [0.15, 0.2) is 0 Å². The van der Waals surface area contributed by atoms with Crippen molar-refractivity contribution in [2.24, 2.45) is 0 Å². The van der Waals surface area contributed by atoms with E-state index in [1.165, 1.54) is 0 Å². The number of carbonyl (C=O) groups excluding carboxylic acids is 2. The first kappa shape index (κ1) is 16.8. The Kier molecular flexibility index (Phi) is 6.21. The number of amides is 2. The standard InChI is InChI=1S/C15H20BrN3O3/c1-2-22-15(21)19-9-7-18(8-10-19)11-14(20)17-13-6-4-3-5-12(13)16/h3-6H,2,7-11H2,1H3,(H,17,20). The van der Waals surface area contributed by atoms with Crippen LogP contribution in [0.5, 0.6) is 0 Å². The van der Waals surface area contributed by atoms with E-state index in [4.69, 9.17) is 4.74 Å². The fraction of sp³-hybridized carbons (Fsp3) is 0.467. The lowest BCUT2D eigenvalue weighted by Crippen LogP contribution is -2.50. The van der Waals surface area contributed by atoms with Crippen LogP contribution in [0.2, 0.25) is 0 Å². The highest BCUT2D eigenvalue weighted by molar-refractivity contribution is 9.10. The van der Waals surface area contributed by atoms with Crippen LogP contribution in [0.15, 0.2) is 28.7 Å². The molecule has 2 rings (SSSR count). The Hall–Kier alpha value is -1.60. The normalized spacial score (nSPS) is 15.5. The van der Waals surface area contributed by atoms with Gasteiger partial charge in [-0.2, -0.15) is 0 Å². The average molecular weight is 370 g/mol. The molecule has 0 radical (unpaired) electrons. The molecule has 0 bridgehead atoms. The lowest BCUT2D eigenvalue weighted by atomic mass is 10.3. The Balaban J connectivity index is 1.77. The van der Waals surface area contributed by atoms with E-state index in [-0.39, 0.29) is 12.0 Å². The maximum atomic E-state index is 12.1. The van der Waals surface area contributed by atoms with Crippen LogP contribution < -0.4 is 5.32 Å². The lowest BCUT2D eigenvalue weighted by Gasteiger charge is -2.33. The van der Waals surface area contributed by atoms with Crippen LogP contribution >= 0.6 is 15.9 Å². The summed E-state index contributed by atoms with van der Waals surface area (Å²) < 4.78 is 5.83. The van der Waals surface area contributed by atoms with Crippen LogP contribution in [0.3, 0.4) is 0 Å². The van der Waals surface area contributed by atoms with Crippen molar-refractivity contribution < 1.29 is 14.3 Å². The summed E-state index contributed by atoms with van der Waals surface area (Å²) in [6, 6.07) is 7.50. The zero-order valence-corrected chi connectivity index (χ0v) is 14.1. The van der Waals surface area contributed by atoms with Crippen molar-refractivity contribution in [1.82, 2.24) is 9.80 Å². The van der Waals surface area contributed by atoms with Crippen molar-refractivity contribution in [2.75, 3.05) is 44.6 Å². The van der Waals surface area contributed by atoms with Gasteiger partial charge in [0.05, 0.1) is 18.8 Å². The number of halogens is 1. The molecule has 7 heteroatoms. The predicted molar refractivity (Wildman–Crippen MR) is 87.8 cm³/mol. The van der Waals surface area contributed by atoms with Crippen LogP contribution in [0.1, 0.15) is 6.92 Å². The first-order chi connectivity index (χ1) is 10.6. The molecule has 0 aliphatic carbocycles. The van der Waals surface area contributed by atoms with E-state index in [0.29, 0.717) is 39.3 Å². The number of benzene rings is 1. The number of piperazine rings is 1. The molecular formula is C15H20BrN3O3. The molecular weight excluding hydrogens is 350 g/mol. The lowest BCUT2D eigenvalue weighted by molar-refractivity contribution is -0.117. The minimum absolute atomic E-state index is 0.0588. The van der Waals surface area contributed by atoms with Crippen LogP contribution in [-0.4, -0.2) is 61.1 Å². The summed E-state index contributed by atoms with van der Waals surface area (Å²) in [7, 11) is 0. The van der Waals surface area contributed by atoms with Gasteiger partial charge in [-0.15, -0.1) is 0 Å². The Labute approximate surface area is 138 Å². The first-order valence-corrected chi connectivity index (χ1v) is 8.08. The SMILES string of the molecule is CCOC(=O)N1CCN(CC(=O)Nc2ccccc2Br)CC1. The molecule has 1 aliphatic rings. The summed E-state index contributed by atoms with van der Waals surface area (Å²) in [6.07, 6.45) is -0.278. The number of rotatable bonds is 4. The van der Waals surface area contributed by atoms with Crippen molar-refractivity contribution >= 4 is 33.6 Å². The second-order valence-corrected chi connectivity index (χ2v) is 5.84. The molecule has 0 saturated carbocycles. The number of ether oxygens (including phenoxy) is 1. The maximum absolute atomic E-state index is 12.1. The van der Waals surface area contributed by atoms with E-state index < -0.39 is 0 Å². The van der Waals surface area contributed by atoms with Gasteiger partial charge in [-0.05, 0) is 35.0 Å². The molecule has 6 nitrogen and oxygen atoms in total. The second-order valence-electron chi connectivity index (χ2n) is 4.99. The van der Waals surface area contributed by atoms with Crippen molar-refractivity contribution in [3.8, 4) is 0 Å². The topological polar surface area (TPSA) is 61.9 Å². The molecule has 1 aromatic rings. The number of hydrogen-bond acceptors (Lipinski definition) is 4. The second kappa shape index (κ2) is 8.14. The van der Waals surface area contributed by atoms with Gasteiger partial charge in [-0.25, -0.2) is 4.79 Å². The summed E-state index contributed by atoms with van der Waals surface area (Å²) in [6.45, 7) is 5.00. The molecule has 1 fully saturated rings. The smallest absolute Gasteiger partial charge is 0.409 e. The number of carbonyl (C=O) groups is 2. The summed E-state index contributed by atoms with van der Waals surface area (Å²) in [5.41, 5.74) is 0.762. The van der Waals surface area contributed by atoms with Crippen molar-refractivity contribution in [3.05, 3.63) is 28.7 Å². The molecule has 0 atom stereocenters. The Morgan fingerprint density at radius 3 is 2.55 bits per heavy atom. The molecule has 1 aliphatic heterocycles. The fourth-order valence-corrected chi connectivity index (χ4v) is 2.64. The van der Waals surface area contributed by atoms with Gasteiger partial charge >= 0.3 is 6.09 Å². The number of anilines is 1. The number of nitrogens with one attached hydrogen (secondary N) is 1. The van der Waals surface area contributed by atoms with E-state index in [0.717, 1.165) is 10.2 Å². The summed E-state index contributed by atoms with van der Waals surface area (Å²) in [5, 5.41) is 2.88. The molecule has 0 spiro atoms. The largest absolute Gasteiger partial charge is 0.450 e. The van der Waals surface area contributed by atoms with Crippen LogP contribution in [0, 0.1) is 0 Å². The van der Waals surface area contributed by atoms with Gasteiger partial charge in [-0.3, -0.25) is 9.69 Å². The third kappa shape index (κ3) is 4.71. The third-order valence-corrected chi connectivity index (χ3v) is 4.10. The molecule has 0 unspecified atom stereocenters. The maximum Gasteiger partial charge on any atom is 0.409 e. The van der Waals surface area contributed by atoms with Crippen LogP contribution in [0.4, 0.5) is 10.5 Å². The summed E-state index contributed by atoms with van der Waals surface area (Å²) >= 11 is 3.40. The van der Waals surface area contributed by atoms with E-state index in [1.54, 1.807) is 11.8 Å². The monoisotopic (exact) mass is 369 g/mol. The average Bonchev–Trinajstić information content (AvgIpc) is 2.50. The van der Waals surface area contributed by atoms with Crippen LogP contribution in [-0.2, 0) is 9.53 Å². The van der Waals surface area contributed by atoms with Crippen molar-refractivity contribution in [3.63, 3.8) is 0 Å². The predicted octanol–water partition coefficient (Wildman–Crippen LogP) is 2.16. The highest BCUT2D eigenvalue weighted by Gasteiger charge is 2.23. The summed E-state index contributed by atoms with van der Waals surface area (Å²) in [5.74, 6) is -0.0588. The number of para-hydroxylation sites is 1. The molecule has 1 aromatic carbocycles. The zero-order valence-electron chi connectivity index (χ0n) is 12.5. The molecule has 2 amide bonds. The van der Waals surface area contributed by atoms with Crippen LogP contribution in [0.25, 0.3) is 0 Å². The number of nitrogens with zero attached hydrogens (tertiary/aromatic N) is 2. The van der Waals surface area contributed by atoms with E-state index >= 15 is 0 Å². The quantitative estimate of drug-likeness (QED) is 0.883. The molecule has 1 heterocycles. The fourth-order valence-electron chi connectivity index (χ4n) is 2.26. The Bertz CT molecular complexity index is 531. The Morgan fingerprint density at radius 1 is 1.23 bits per heavy atom. The highest BCUT2D eigenvalue weighted by Crippen LogP contribution is 2.21. The third-order valence-electron chi connectivity index (χ3n) is 3.41. The first-order valence-electron chi connectivity index (χ1n) is 7.28. The van der Waals surface area contributed by atoms with E-state index in [2.05, 4.69) is 21.2 Å². The molecule has 0 aromatic heterocycles. The summed E-state index contributed by atoms with van der Waals surface area (Å²) in [4.78, 5) is 27.4. The molecule has 1 saturated heterocycles. The molecule has 120 valence electrons. The molecule has 1 N–H and O–H groups in total. The van der Waals surface area contributed by atoms with Gasteiger partial charge in [0, 0.05) is 30.7 Å². The van der Waals surface area contributed by atoms with Gasteiger partial charge in [0.1, 0.15) is 0 Å². The van der Waals surface area contributed by atoms with E-state index in [9.17, 15) is 9.59 Å². The van der Waals surface area contributed by atoms with Gasteiger partial charge in [-0.1, -0.05) is 12.1 Å².